The molecule has 1 aromatic carbocycles. The summed E-state index contributed by atoms with van der Waals surface area (Å²) in [7, 11) is 0. The van der Waals surface area contributed by atoms with Gasteiger partial charge in [-0.05, 0) is 0 Å². The molecule has 0 atom stereocenters. The van der Waals surface area contributed by atoms with Crippen molar-refractivity contribution in [3.63, 3.8) is 0 Å². The van der Waals surface area contributed by atoms with Gasteiger partial charge >= 0.3 is 12.1 Å². The predicted molar refractivity (Wildman–Crippen MR) is 61.4 cm³/mol. The van der Waals surface area contributed by atoms with E-state index in [4.69, 9.17) is 4.52 Å². The maximum atomic E-state index is 11.8. The first-order valence-electron chi connectivity index (χ1n) is 5.47. The number of benzene rings is 1. The summed E-state index contributed by atoms with van der Waals surface area (Å²) < 4.78 is 40.2. The van der Waals surface area contributed by atoms with E-state index in [1.807, 2.05) is 6.07 Å². The molecule has 0 radical (unpaired) electrons. The number of aromatic nitrogens is 1. The van der Waals surface area contributed by atoms with Crippen LogP contribution in [0.25, 0.3) is 11.3 Å². The molecule has 0 aliphatic heterocycles. The van der Waals surface area contributed by atoms with Gasteiger partial charge in [0.15, 0.2) is 6.61 Å². The fourth-order valence-electron chi connectivity index (χ4n) is 1.36. The second kappa shape index (κ2) is 5.74. The highest BCUT2D eigenvalue weighted by molar-refractivity contribution is 5.91. The Kier molecular flexibility index (Phi) is 4.04. The van der Waals surface area contributed by atoms with Gasteiger partial charge in [-0.15, -0.1) is 0 Å². The van der Waals surface area contributed by atoms with Crippen molar-refractivity contribution >= 4 is 5.91 Å². The molecule has 5 nitrogen and oxygen atoms in total. The molecule has 0 saturated heterocycles. The Morgan fingerprint density at radius 1 is 1.30 bits per heavy atom. The third kappa shape index (κ3) is 3.82. The maximum Gasteiger partial charge on any atom is 0.414 e. The number of hydrogen-bond acceptors (Lipinski definition) is 4. The van der Waals surface area contributed by atoms with Crippen LogP contribution in [-0.2, 0) is 4.84 Å². The van der Waals surface area contributed by atoms with Gasteiger partial charge in [-0.3, -0.25) is 9.63 Å². The first kappa shape index (κ1) is 14.1. The lowest BCUT2D eigenvalue weighted by Gasteiger charge is -2.06. The quantitative estimate of drug-likeness (QED) is 0.877. The van der Waals surface area contributed by atoms with Gasteiger partial charge in [-0.25, -0.2) is 5.48 Å². The molecule has 20 heavy (non-hydrogen) atoms. The van der Waals surface area contributed by atoms with Crippen LogP contribution in [0.3, 0.4) is 0 Å². The summed E-state index contributed by atoms with van der Waals surface area (Å²) in [5.41, 5.74) is 2.74. The van der Waals surface area contributed by atoms with Crippen molar-refractivity contribution in [1.82, 2.24) is 10.6 Å². The summed E-state index contributed by atoms with van der Waals surface area (Å²) in [6.45, 7) is -1.58. The molecule has 0 unspecified atom stereocenters. The lowest BCUT2D eigenvalue weighted by Crippen LogP contribution is -2.29. The molecular formula is C12H9F3N2O3. The lowest BCUT2D eigenvalue weighted by atomic mass is 10.1. The van der Waals surface area contributed by atoms with Gasteiger partial charge in [0.25, 0.3) is 0 Å². The largest absolute Gasteiger partial charge is 0.414 e. The number of halogens is 3. The molecule has 2 aromatic rings. The van der Waals surface area contributed by atoms with Gasteiger partial charge in [0.05, 0.1) is 0 Å². The second-order valence-corrected chi connectivity index (χ2v) is 3.78. The van der Waals surface area contributed by atoms with Crippen molar-refractivity contribution in [3.05, 3.63) is 42.2 Å². The van der Waals surface area contributed by atoms with E-state index >= 15 is 0 Å². The van der Waals surface area contributed by atoms with Crippen LogP contribution in [0, 0.1) is 0 Å². The summed E-state index contributed by atoms with van der Waals surface area (Å²) in [6.07, 6.45) is -4.52. The summed E-state index contributed by atoms with van der Waals surface area (Å²) in [5, 5.41) is 3.65. The molecule has 0 spiro atoms. The molecule has 1 amide bonds. The zero-order chi connectivity index (χ0) is 14.6. The van der Waals surface area contributed by atoms with E-state index in [1.165, 1.54) is 6.07 Å². The molecule has 2 rings (SSSR count). The molecule has 8 heteroatoms. The van der Waals surface area contributed by atoms with Crippen molar-refractivity contribution in [2.75, 3.05) is 6.61 Å². The summed E-state index contributed by atoms with van der Waals surface area (Å²) in [5.74, 6) is -1.19. The number of alkyl halides is 3. The van der Waals surface area contributed by atoms with Crippen LogP contribution in [0.5, 0.6) is 0 Å². The average Bonchev–Trinajstić information content (AvgIpc) is 2.88. The van der Waals surface area contributed by atoms with Gasteiger partial charge in [-0.1, -0.05) is 35.5 Å². The lowest BCUT2D eigenvalue weighted by molar-refractivity contribution is -0.184. The highest BCUT2D eigenvalue weighted by atomic mass is 19.4. The third-order valence-electron chi connectivity index (χ3n) is 2.20. The Morgan fingerprint density at radius 3 is 2.65 bits per heavy atom. The smallest absolute Gasteiger partial charge is 0.350 e. The van der Waals surface area contributed by atoms with E-state index in [0.717, 1.165) is 0 Å². The van der Waals surface area contributed by atoms with Crippen molar-refractivity contribution < 1.29 is 27.3 Å². The number of hydroxylamine groups is 1. The molecule has 0 fully saturated rings. The zero-order valence-electron chi connectivity index (χ0n) is 9.98. The Balaban J connectivity index is 1.97. The van der Waals surface area contributed by atoms with Crippen LogP contribution >= 0.6 is 0 Å². The average molecular weight is 286 g/mol. The SMILES string of the molecule is O=C(NOCC(F)(F)F)c1cc(-c2ccccc2)no1. The number of hydrogen-bond donors (Lipinski definition) is 1. The monoisotopic (exact) mass is 286 g/mol. The molecular weight excluding hydrogens is 277 g/mol. The van der Waals surface area contributed by atoms with Crippen LogP contribution in [0.2, 0.25) is 0 Å². The standard InChI is InChI=1S/C12H9F3N2O3/c13-12(14,15)7-19-17-11(18)10-6-9(16-20-10)8-4-2-1-3-5-8/h1-6H,7H2,(H,17,18). The van der Waals surface area contributed by atoms with E-state index < -0.39 is 18.7 Å². The first-order valence-corrected chi connectivity index (χ1v) is 5.47. The van der Waals surface area contributed by atoms with Gasteiger partial charge in [0.1, 0.15) is 5.69 Å². The molecule has 1 heterocycles. The van der Waals surface area contributed by atoms with E-state index in [2.05, 4.69) is 9.99 Å². The van der Waals surface area contributed by atoms with Gasteiger partial charge in [0, 0.05) is 11.6 Å². The van der Waals surface area contributed by atoms with Crippen LogP contribution < -0.4 is 5.48 Å². The van der Waals surface area contributed by atoms with Crippen molar-refractivity contribution in [1.29, 1.82) is 0 Å². The second-order valence-electron chi connectivity index (χ2n) is 3.78. The van der Waals surface area contributed by atoms with E-state index in [9.17, 15) is 18.0 Å². The molecule has 0 bridgehead atoms. The Morgan fingerprint density at radius 2 is 2.00 bits per heavy atom. The van der Waals surface area contributed by atoms with Crippen molar-refractivity contribution in [2.45, 2.75) is 6.18 Å². The van der Waals surface area contributed by atoms with E-state index in [0.29, 0.717) is 11.3 Å². The number of carbonyl (C=O) groups excluding carboxylic acids is 1. The van der Waals surface area contributed by atoms with Crippen LogP contribution in [0.15, 0.2) is 40.9 Å². The fourth-order valence-corrected chi connectivity index (χ4v) is 1.36. The fraction of sp³-hybridized carbons (Fsp3) is 0.167. The Bertz CT molecular complexity index is 581. The maximum absolute atomic E-state index is 11.8. The van der Waals surface area contributed by atoms with Crippen LogP contribution in [0.4, 0.5) is 13.2 Å². The topological polar surface area (TPSA) is 64.4 Å². The molecule has 1 N–H and O–H groups in total. The van der Waals surface area contributed by atoms with E-state index in [1.54, 1.807) is 29.7 Å². The summed E-state index contributed by atoms with van der Waals surface area (Å²) >= 11 is 0. The molecule has 106 valence electrons. The number of nitrogens with zero attached hydrogens (tertiary/aromatic N) is 1. The van der Waals surface area contributed by atoms with Gasteiger partial charge in [0.2, 0.25) is 5.76 Å². The predicted octanol–water partition coefficient (Wildman–Crippen LogP) is 2.57. The molecule has 0 aliphatic carbocycles. The molecule has 0 aliphatic rings. The number of rotatable bonds is 4. The number of carbonyl (C=O) groups is 1. The van der Waals surface area contributed by atoms with E-state index in [-0.39, 0.29) is 5.76 Å². The number of amides is 1. The highest BCUT2D eigenvalue weighted by Gasteiger charge is 2.28. The van der Waals surface area contributed by atoms with Gasteiger partial charge in [-0.2, -0.15) is 13.2 Å². The minimum Gasteiger partial charge on any atom is -0.350 e. The van der Waals surface area contributed by atoms with Crippen molar-refractivity contribution in [2.24, 2.45) is 0 Å². The Labute approximate surface area is 111 Å². The highest BCUT2D eigenvalue weighted by Crippen LogP contribution is 2.18. The summed E-state index contributed by atoms with van der Waals surface area (Å²) in [6, 6.07) is 10.2. The zero-order valence-corrected chi connectivity index (χ0v) is 9.98. The molecule has 0 saturated carbocycles. The first-order chi connectivity index (χ1) is 9.46. The third-order valence-corrected chi connectivity index (χ3v) is 2.20. The molecule has 1 aromatic heterocycles. The van der Waals surface area contributed by atoms with Crippen LogP contribution in [0.1, 0.15) is 10.6 Å². The minimum atomic E-state index is -4.52. The van der Waals surface area contributed by atoms with Crippen molar-refractivity contribution in [3.8, 4) is 11.3 Å². The minimum absolute atomic E-state index is 0.244. The summed E-state index contributed by atoms with van der Waals surface area (Å²) in [4.78, 5) is 15.5. The van der Waals surface area contributed by atoms with Crippen LogP contribution in [-0.4, -0.2) is 23.8 Å². The number of nitrogens with one attached hydrogen (secondary N) is 1. The normalized spacial score (nSPS) is 11.3. The Hall–Kier alpha value is -2.35. The van der Waals surface area contributed by atoms with Gasteiger partial charge < -0.3 is 4.52 Å².